The number of sulfonamides is 1. The van der Waals surface area contributed by atoms with Crippen LogP contribution in [0.25, 0.3) is 0 Å². The molecule has 1 aliphatic heterocycles. The van der Waals surface area contributed by atoms with E-state index >= 15 is 0 Å². The minimum Gasteiger partial charge on any atom is -0.486 e. The molecule has 0 amide bonds. The lowest BCUT2D eigenvalue weighted by Gasteiger charge is -2.20. The van der Waals surface area contributed by atoms with Gasteiger partial charge in [-0.15, -0.1) is 11.6 Å². The van der Waals surface area contributed by atoms with Gasteiger partial charge in [0, 0.05) is 18.0 Å². The van der Waals surface area contributed by atoms with E-state index in [4.69, 9.17) is 32.7 Å². The van der Waals surface area contributed by atoms with Crippen LogP contribution < -0.4 is 14.2 Å². The van der Waals surface area contributed by atoms with Crippen LogP contribution in [0.3, 0.4) is 0 Å². The quantitative estimate of drug-likeness (QED) is 0.639. The SMILES string of the molecule is O=S(=O)(CCCCCl)Nc1cc2c(cc1Cl)OCCO2. The van der Waals surface area contributed by atoms with Crippen LogP contribution in [0.4, 0.5) is 5.69 Å². The van der Waals surface area contributed by atoms with Gasteiger partial charge in [-0.3, -0.25) is 4.72 Å². The molecule has 0 aromatic heterocycles. The molecular weight excluding hydrogens is 325 g/mol. The Morgan fingerprint density at radius 1 is 1.15 bits per heavy atom. The van der Waals surface area contributed by atoms with Crippen LogP contribution in [0.15, 0.2) is 12.1 Å². The summed E-state index contributed by atoms with van der Waals surface area (Å²) in [5, 5.41) is 0.273. The zero-order valence-electron chi connectivity index (χ0n) is 10.7. The van der Waals surface area contributed by atoms with E-state index in [2.05, 4.69) is 4.72 Å². The standard InChI is InChI=1S/C12H15Cl2NO4S/c13-3-1-2-6-20(16,17)15-10-8-12-11(7-9(10)14)18-4-5-19-12/h7-8,15H,1-6H2. The zero-order valence-corrected chi connectivity index (χ0v) is 13.0. The molecule has 112 valence electrons. The second-order valence-corrected chi connectivity index (χ2v) is 6.92. The number of hydrogen-bond acceptors (Lipinski definition) is 4. The highest BCUT2D eigenvalue weighted by molar-refractivity contribution is 7.92. The van der Waals surface area contributed by atoms with E-state index in [1.807, 2.05) is 0 Å². The van der Waals surface area contributed by atoms with Gasteiger partial charge in [-0.25, -0.2) is 8.42 Å². The van der Waals surface area contributed by atoms with E-state index in [1.165, 1.54) is 6.07 Å². The van der Waals surface area contributed by atoms with E-state index in [-0.39, 0.29) is 10.8 Å². The first-order valence-electron chi connectivity index (χ1n) is 6.17. The number of unbranched alkanes of at least 4 members (excludes halogenated alkanes) is 1. The van der Waals surface area contributed by atoms with Gasteiger partial charge in [0.1, 0.15) is 13.2 Å². The fraction of sp³-hybridized carbons (Fsp3) is 0.500. The van der Waals surface area contributed by atoms with Crippen LogP contribution in [0, 0.1) is 0 Å². The number of anilines is 1. The Hall–Kier alpha value is -0.850. The highest BCUT2D eigenvalue weighted by atomic mass is 35.5. The van der Waals surface area contributed by atoms with Crippen molar-refractivity contribution in [3.63, 3.8) is 0 Å². The fourth-order valence-corrected chi connectivity index (χ4v) is 3.38. The summed E-state index contributed by atoms with van der Waals surface area (Å²) < 4.78 is 37.0. The maximum Gasteiger partial charge on any atom is 0.232 e. The number of ether oxygens (including phenoxy) is 2. The van der Waals surface area contributed by atoms with Crippen molar-refractivity contribution < 1.29 is 17.9 Å². The van der Waals surface area contributed by atoms with Crippen LogP contribution in [0.2, 0.25) is 5.02 Å². The molecule has 0 unspecified atom stereocenters. The Balaban J connectivity index is 2.12. The molecule has 0 bridgehead atoms. The predicted octanol–water partition coefficient (Wildman–Crippen LogP) is 2.87. The van der Waals surface area contributed by atoms with Gasteiger partial charge in [-0.2, -0.15) is 0 Å². The van der Waals surface area contributed by atoms with Gasteiger partial charge in [-0.05, 0) is 12.8 Å². The minimum absolute atomic E-state index is 0.00446. The van der Waals surface area contributed by atoms with Crippen molar-refractivity contribution in [2.24, 2.45) is 0 Å². The molecule has 1 heterocycles. The van der Waals surface area contributed by atoms with Crippen LogP contribution >= 0.6 is 23.2 Å². The number of alkyl halides is 1. The second kappa shape index (κ2) is 6.74. The maximum absolute atomic E-state index is 11.9. The number of fused-ring (bicyclic) bond motifs is 1. The Morgan fingerprint density at radius 2 is 1.80 bits per heavy atom. The van der Waals surface area contributed by atoms with Crippen molar-refractivity contribution in [2.45, 2.75) is 12.8 Å². The molecule has 0 fully saturated rings. The molecule has 1 aliphatic rings. The van der Waals surface area contributed by atoms with Crippen LogP contribution in [0.1, 0.15) is 12.8 Å². The van der Waals surface area contributed by atoms with Gasteiger partial charge in [0.25, 0.3) is 0 Å². The molecule has 0 atom stereocenters. The van der Waals surface area contributed by atoms with Crippen molar-refractivity contribution >= 4 is 38.9 Å². The lowest BCUT2D eigenvalue weighted by atomic mass is 10.2. The van der Waals surface area contributed by atoms with Gasteiger partial charge < -0.3 is 9.47 Å². The van der Waals surface area contributed by atoms with Gasteiger partial charge in [0.15, 0.2) is 11.5 Å². The number of halogens is 2. The van der Waals surface area contributed by atoms with Gasteiger partial charge in [0.2, 0.25) is 10.0 Å². The Morgan fingerprint density at radius 3 is 2.45 bits per heavy atom. The third-order valence-electron chi connectivity index (χ3n) is 2.69. The second-order valence-electron chi connectivity index (χ2n) is 4.29. The van der Waals surface area contributed by atoms with Crippen molar-refractivity contribution in [1.29, 1.82) is 0 Å². The Bertz CT molecular complexity index is 577. The largest absolute Gasteiger partial charge is 0.486 e. The Labute approximate surface area is 128 Å². The molecule has 0 aliphatic carbocycles. The lowest BCUT2D eigenvalue weighted by molar-refractivity contribution is 0.171. The number of nitrogens with one attached hydrogen (secondary N) is 1. The lowest BCUT2D eigenvalue weighted by Crippen LogP contribution is -2.18. The van der Waals surface area contributed by atoms with Crippen molar-refractivity contribution in [3.05, 3.63) is 17.2 Å². The van der Waals surface area contributed by atoms with Gasteiger partial charge in [-0.1, -0.05) is 11.6 Å². The van der Waals surface area contributed by atoms with Crippen LogP contribution in [-0.2, 0) is 10.0 Å². The molecular formula is C12H15Cl2NO4S. The summed E-state index contributed by atoms with van der Waals surface area (Å²) in [6.07, 6.45) is 1.15. The monoisotopic (exact) mass is 339 g/mol. The summed E-state index contributed by atoms with van der Waals surface area (Å²) in [5.74, 6) is 1.45. The zero-order chi connectivity index (χ0) is 14.6. The van der Waals surface area contributed by atoms with Gasteiger partial charge in [0.05, 0.1) is 16.5 Å². The topological polar surface area (TPSA) is 64.6 Å². The van der Waals surface area contributed by atoms with E-state index in [1.54, 1.807) is 6.07 Å². The molecule has 1 aromatic rings. The molecule has 5 nitrogen and oxygen atoms in total. The predicted molar refractivity (Wildman–Crippen MR) is 79.8 cm³/mol. The van der Waals surface area contributed by atoms with Crippen molar-refractivity contribution in [3.8, 4) is 11.5 Å². The van der Waals surface area contributed by atoms with Crippen LogP contribution in [-0.4, -0.2) is 33.3 Å². The van der Waals surface area contributed by atoms with E-state index in [9.17, 15) is 8.42 Å². The van der Waals surface area contributed by atoms with Crippen molar-refractivity contribution in [1.82, 2.24) is 0 Å². The van der Waals surface area contributed by atoms with Gasteiger partial charge >= 0.3 is 0 Å². The highest BCUT2D eigenvalue weighted by Gasteiger charge is 2.18. The maximum atomic E-state index is 11.9. The number of benzene rings is 1. The molecule has 8 heteroatoms. The summed E-state index contributed by atoms with van der Waals surface area (Å²) in [4.78, 5) is 0. The molecule has 20 heavy (non-hydrogen) atoms. The third-order valence-corrected chi connectivity index (χ3v) is 4.63. The molecule has 2 rings (SSSR count). The smallest absolute Gasteiger partial charge is 0.232 e. The first-order chi connectivity index (χ1) is 9.52. The molecule has 1 aromatic carbocycles. The summed E-state index contributed by atoms with van der Waals surface area (Å²) in [6, 6.07) is 3.09. The number of rotatable bonds is 6. The number of hydrogen-bond donors (Lipinski definition) is 1. The van der Waals surface area contributed by atoms with E-state index in [0.717, 1.165) is 0 Å². The normalized spacial score (nSPS) is 14.1. The summed E-state index contributed by atoms with van der Waals surface area (Å²) >= 11 is 11.6. The molecule has 0 saturated heterocycles. The first kappa shape index (κ1) is 15.5. The Kier molecular flexibility index (Phi) is 5.23. The fourth-order valence-electron chi connectivity index (χ4n) is 1.75. The van der Waals surface area contributed by atoms with E-state index < -0.39 is 10.0 Å². The minimum atomic E-state index is -3.45. The van der Waals surface area contributed by atoms with Crippen molar-refractivity contribution in [2.75, 3.05) is 29.6 Å². The molecule has 1 N–H and O–H groups in total. The average Bonchev–Trinajstić information content (AvgIpc) is 2.39. The van der Waals surface area contributed by atoms with E-state index in [0.29, 0.717) is 49.1 Å². The average molecular weight is 340 g/mol. The summed E-state index contributed by atoms with van der Waals surface area (Å²) in [7, 11) is -3.45. The summed E-state index contributed by atoms with van der Waals surface area (Å²) in [5.41, 5.74) is 0.293. The third kappa shape index (κ3) is 4.07. The van der Waals surface area contributed by atoms with Crippen LogP contribution in [0.5, 0.6) is 11.5 Å². The molecule has 0 radical (unpaired) electrons. The summed E-state index contributed by atoms with van der Waals surface area (Å²) in [6.45, 7) is 0.878. The first-order valence-corrected chi connectivity index (χ1v) is 8.74. The highest BCUT2D eigenvalue weighted by Crippen LogP contribution is 2.38. The molecule has 0 spiro atoms. The molecule has 0 saturated carbocycles.